The number of rotatable bonds is 4. The van der Waals surface area contributed by atoms with Crippen LogP contribution >= 0.6 is 35.7 Å². The van der Waals surface area contributed by atoms with Crippen LogP contribution in [-0.2, 0) is 6.54 Å². The van der Waals surface area contributed by atoms with Gasteiger partial charge in [0.25, 0.3) is 0 Å². The highest BCUT2D eigenvalue weighted by molar-refractivity contribution is 14.0. The van der Waals surface area contributed by atoms with Gasteiger partial charge in [-0.2, -0.15) is 11.8 Å². The fourth-order valence-corrected chi connectivity index (χ4v) is 2.66. The second kappa shape index (κ2) is 8.63. The Hall–Kier alpha value is -0.440. The number of aryl methyl sites for hydroxylation is 1. The predicted octanol–water partition coefficient (Wildman–Crippen LogP) is 1.25. The lowest BCUT2D eigenvalue weighted by atomic mass is 10.4. The summed E-state index contributed by atoms with van der Waals surface area (Å²) in [5.74, 6) is 3.02. The molecular formula is C11H20IN5S. The van der Waals surface area contributed by atoms with Crippen LogP contribution in [0.2, 0.25) is 0 Å². The first-order chi connectivity index (χ1) is 8.36. The molecule has 0 spiro atoms. The molecule has 0 bridgehead atoms. The summed E-state index contributed by atoms with van der Waals surface area (Å²) in [5, 5.41) is 0. The normalized spacial score (nSPS) is 16.4. The van der Waals surface area contributed by atoms with Crippen LogP contribution in [0, 0.1) is 0 Å². The molecule has 1 aromatic rings. The number of halogens is 1. The zero-order chi connectivity index (χ0) is 11.9. The van der Waals surface area contributed by atoms with Gasteiger partial charge in [0.1, 0.15) is 0 Å². The molecule has 0 radical (unpaired) electrons. The van der Waals surface area contributed by atoms with Gasteiger partial charge < -0.3 is 15.2 Å². The number of nitrogens with two attached hydrogens (primary N) is 1. The van der Waals surface area contributed by atoms with Crippen LogP contribution in [-0.4, -0.2) is 51.6 Å². The largest absolute Gasteiger partial charge is 0.370 e. The molecule has 1 aromatic heterocycles. The minimum Gasteiger partial charge on any atom is -0.370 e. The Balaban J connectivity index is 0.00000162. The Bertz CT molecular complexity index is 348. The Morgan fingerprint density at radius 1 is 1.39 bits per heavy atom. The lowest BCUT2D eigenvalue weighted by Gasteiger charge is -2.27. The van der Waals surface area contributed by atoms with E-state index in [1.165, 1.54) is 0 Å². The van der Waals surface area contributed by atoms with Crippen molar-refractivity contribution in [3.05, 3.63) is 18.7 Å². The predicted molar refractivity (Wildman–Crippen MR) is 87.6 cm³/mol. The van der Waals surface area contributed by atoms with E-state index in [0.717, 1.165) is 44.1 Å². The van der Waals surface area contributed by atoms with E-state index in [2.05, 4.69) is 19.4 Å². The number of guanidine groups is 1. The first-order valence-electron chi connectivity index (χ1n) is 5.94. The molecule has 0 unspecified atom stereocenters. The molecule has 2 N–H and O–H groups in total. The standard InChI is InChI=1S/C11H19N5S.HI/c12-11(16-6-8-17-9-7-16)14-2-1-4-15-5-3-13-10-15;/h3,5,10H,1-2,4,6-9H2,(H2,12,14);1H. The number of hydrogen-bond donors (Lipinski definition) is 1. The Morgan fingerprint density at radius 3 is 2.83 bits per heavy atom. The van der Waals surface area contributed by atoms with Crippen molar-refractivity contribution in [1.29, 1.82) is 0 Å². The maximum atomic E-state index is 5.96. The average molecular weight is 381 g/mol. The maximum Gasteiger partial charge on any atom is 0.191 e. The molecule has 2 heterocycles. The van der Waals surface area contributed by atoms with E-state index in [-0.39, 0.29) is 24.0 Å². The summed E-state index contributed by atoms with van der Waals surface area (Å²) >= 11 is 1.98. The quantitative estimate of drug-likeness (QED) is 0.369. The van der Waals surface area contributed by atoms with Crippen LogP contribution in [0.4, 0.5) is 0 Å². The van der Waals surface area contributed by atoms with Gasteiger partial charge in [-0.25, -0.2) is 4.98 Å². The Morgan fingerprint density at radius 2 is 2.17 bits per heavy atom. The highest BCUT2D eigenvalue weighted by Crippen LogP contribution is 2.08. The third-order valence-corrected chi connectivity index (χ3v) is 3.68. The van der Waals surface area contributed by atoms with E-state index in [0.29, 0.717) is 5.96 Å². The number of nitrogens with zero attached hydrogens (tertiary/aromatic N) is 4. The van der Waals surface area contributed by atoms with E-state index < -0.39 is 0 Å². The molecular weight excluding hydrogens is 361 g/mol. The summed E-state index contributed by atoms with van der Waals surface area (Å²) in [7, 11) is 0. The molecule has 0 aliphatic carbocycles. The van der Waals surface area contributed by atoms with Crippen LogP contribution in [0.3, 0.4) is 0 Å². The molecule has 1 aliphatic heterocycles. The first kappa shape index (κ1) is 15.6. The Labute approximate surface area is 129 Å². The van der Waals surface area contributed by atoms with Crippen LogP contribution in [0.1, 0.15) is 6.42 Å². The van der Waals surface area contributed by atoms with E-state index in [1.54, 1.807) is 6.20 Å². The number of aromatic nitrogens is 2. The van der Waals surface area contributed by atoms with E-state index in [1.807, 2.05) is 24.3 Å². The highest BCUT2D eigenvalue weighted by Gasteiger charge is 2.11. The van der Waals surface area contributed by atoms with Gasteiger partial charge in [-0.1, -0.05) is 0 Å². The summed E-state index contributed by atoms with van der Waals surface area (Å²) in [4.78, 5) is 10.6. The van der Waals surface area contributed by atoms with E-state index in [4.69, 9.17) is 5.73 Å². The molecule has 0 amide bonds. The van der Waals surface area contributed by atoms with Gasteiger partial charge in [0, 0.05) is 50.1 Å². The van der Waals surface area contributed by atoms with Crippen molar-refractivity contribution in [3.63, 3.8) is 0 Å². The van der Waals surface area contributed by atoms with Crippen molar-refractivity contribution in [2.45, 2.75) is 13.0 Å². The second-order valence-electron chi connectivity index (χ2n) is 3.99. The van der Waals surface area contributed by atoms with Crippen LogP contribution < -0.4 is 5.73 Å². The lowest BCUT2D eigenvalue weighted by molar-refractivity contribution is 0.455. The minimum absolute atomic E-state index is 0. The highest BCUT2D eigenvalue weighted by atomic mass is 127. The van der Waals surface area contributed by atoms with Crippen molar-refractivity contribution < 1.29 is 0 Å². The van der Waals surface area contributed by atoms with Gasteiger partial charge in [-0.3, -0.25) is 4.99 Å². The molecule has 2 rings (SSSR count). The third-order valence-electron chi connectivity index (χ3n) is 2.74. The van der Waals surface area contributed by atoms with E-state index >= 15 is 0 Å². The topological polar surface area (TPSA) is 59.4 Å². The zero-order valence-electron chi connectivity index (χ0n) is 10.4. The van der Waals surface area contributed by atoms with Gasteiger partial charge in [-0.15, -0.1) is 24.0 Å². The monoisotopic (exact) mass is 381 g/mol. The summed E-state index contributed by atoms with van der Waals surface area (Å²) in [6.07, 6.45) is 6.59. The van der Waals surface area contributed by atoms with E-state index in [9.17, 15) is 0 Å². The lowest BCUT2D eigenvalue weighted by Crippen LogP contribution is -2.42. The van der Waals surface area contributed by atoms with Gasteiger partial charge in [-0.05, 0) is 6.42 Å². The molecule has 1 aliphatic rings. The average Bonchev–Trinajstić information content (AvgIpc) is 2.88. The fraction of sp³-hybridized carbons (Fsp3) is 0.636. The number of imidazole rings is 1. The van der Waals surface area contributed by atoms with Crippen molar-refractivity contribution in [2.24, 2.45) is 10.7 Å². The summed E-state index contributed by atoms with van der Waals surface area (Å²) in [6.45, 7) is 3.79. The molecule has 1 fully saturated rings. The van der Waals surface area contributed by atoms with Gasteiger partial charge in [0.05, 0.1) is 6.33 Å². The molecule has 7 heteroatoms. The van der Waals surface area contributed by atoms with Crippen molar-refractivity contribution in [2.75, 3.05) is 31.1 Å². The van der Waals surface area contributed by atoms with Crippen LogP contribution in [0.15, 0.2) is 23.7 Å². The van der Waals surface area contributed by atoms with Gasteiger partial charge >= 0.3 is 0 Å². The minimum atomic E-state index is 0. The zero-order valence-corrected chi connectivity index (χ0v) is 13.5. The van der Waals surface area contributed by atoms with Gasteiger partial charge in [0.2, 0.25) is 0 Å². The number of thioether (sulfide) groups is 1. The number of hydrogen-bond acceptors (Lipinski definition) is 3. The van der Waals surface area contributed by atoms with Gasteiger partial charge in [0.15, 0.2) is 5.96 Å². The molecule has 18 heavy (non-hydrogen) atoms. The maximum absolute atomic E-state index is 5.96. The molecule has 1 saturated heterocycles. The fourth-order valence-electron chi connectivity index (χ4n) is 1.76. The third kappa shape index (κ3) is 5.05. The molecule has 5 nitrogen and oxygen atoms in total. The molecule has 102 valence electrons. The summed E-state index contributed by atoms with van der Waals surface area (Å²) in [6, 6.07) is 0. The molecule has 0 atom stereocenters. The SMILES string of the molecule is I.NC(=NCCCn1ccnc1)N1CCSCC1. The van der Waals surface area contributed by atoms with Crippen molar-refractivity contribution >= 4 is 41.7 Å². The summed E-state index contributed by atoms with van der Waals surface area (Å²) < 4.78 is 2.06. The van der Waals surface area contributed by atoms with Crippen LogP contribution in [0.25, 0.3) is 0 Å². The molecule has 0 aromatic carbocycles. The second-order valence-corrected chi connectivity index (χ2v) is 5.22. The van der Waals surface area contributed by atoms with Crippen LogP contribution in [0.5, 0.6) is 0 Å². The molecule has 0 saturated carbocycles. The number of aliphatic imine (C=N–C) groups is 1. The summed E-state index contributed by atoms with van der Waals surface area (Å²) in [5.41, 5.74) is 5.96. The Kier molecular flexibility index (Phi) is 7.48. The smallest absolute Gasteiger partial charge is 0.191 e. The van der Waals surface area contributed by atoms with Crippen molar-refractivity contribution in [1.82, 2.24) is 14.5 Å². The first-order valence-corrected chi connectivity index (χ1v) is 7.10. The van der Waals surface area contributed by atoms with Crippen molar-refractivity contribution in [3.8, 4) is 0 Å².